The first-order chi connectivity index (χ1) is 13.2. The molecule has 1 N–H and O–H groups in total. The zero-order valence-corrected chi connectivity index (χ0v) is 16.0. The molecule has 2 aromatic rings. The SMILES string of the molecule is CO[C@@H]1CN(c2ccnc(N(C)C)n2)C[C@@H]1NCc1noc2c1COCC2. The Bertz CT molecular complexity index is 780. The molecule has 0 unspecified atom stereocenters. The molecule has 0 radical (unpaired) electrons. The summed E-state index contributed by atoms with van der Waals surface area (Å²) < 4.78 is 16.7. The number of anilines is 2. The van der Waals surface area contributed by atoms with E-state index < -0.39 is 0 Å². The molecule has 0 saturated carbocycles. The van der Waals surface area contributed by atoms with Crippen LogP contribution in [0.25, 0.3) is 0 Å². The van der Waals surface area contributed by atoms with E-state index in [0.29, 0.717) is 25.7 Å². The van der Waals surface area contributed by atoms with Crippen molar-refractivity contribution in [3.05, 3.63) is 29.3 Å². The maximum atomic E-state index is 5.71. The molecule has 2 aromatic heterocycles. The molecule has 2 atom stereocenters. The summed E-state index contributed by atoms with van der Waals surface area (Å²) in [5, 5.41) is 7.79. The summed E-state index contributed by atoms with van der Waals surface area (Å²) >= 11 is 0. The van der Waals surface area contributed by atoms with Gasteiger partial charge in [0.25, 0.3) is 0 Å². The largest absolute Gasteiger partial charge is 0.378 e. The number of hydrogen-bond acceptors (Lipinski definition) is 9. The van der Waals surface area contributed by atoms with Crippen molar-refractivity contribution in [1.82, 2.24) is 20.4 Å². The number of ether oxygens (including phenoxy) is 2. The van der Waals surface area contributed by atoms with E-state index in [1.165, 1.54) is 0 Å². The van der Waals surface area contributed by atoms with Gasteiger partial charge >= 0.3 is 0 Å². The zero-order valence-electron chi connectivity index (χ0n) is 16.0. The minimum absolute atomic E-state index is 0.0711. The number of methoxy groups -OCH3 is 1. The fourth-order valence-corrected chi connectivity index (χ4v) is 3.57. The summed E-state index contributed by atoms with van der Waals surface area (Å²) in [6.45, 7) is 3.49. The van der Waals surface area contributed by atoms with Crippen molar-refractivity contribution in [2.75, 3.05) is 50.7 Å². The maximum Gasteiger partial charge on any atom is 0.226 e. The highest BCUT2D eigenvalue weighted by molar-refractivity contribution is 5.45. The van der Waals surface area contributed by atoms with Gasteiger partial charge in [-0.3, -0.25) is 0 Å². The molecular weight excluding hydrogens is 348 g/mol. The molecule has 2 aliphatic rings. The lowest BCUT2D eigenvalue weighted by molar-refractivity contribution is 0.0958. The van der Waals surface area contributed by atoms with Crippen molar-refractivity contribution in [3.63, 3.8) is 0 Å². The number of nitrogens with zero attached hydrogens (tertiary/aromatic N) is 5. The van der Waals surface area contributed by atoms with Crippen LogP contribution in [-0.4, -0.2) is 68.2 Å². The fourth-order valence-electron chi connectivity index (χ4n) is 3.57. The lowest BCUT2D eigenvalue weighted by Crippen LogP contribution is -2.40. The van der Waals surface area contributed by atoms with Gasteiger partial charge in [0.1, 0.15) is 17.3 Å². The Labute approximate surface area is 158 Å². The van der Waals surface area contributed by atoms with Gasteiger partial charge < -0.3 is 29.1 Å². The van der Waals surface area contributed by atoms with E-state index in [9.17, 15) is 0 Å². The summed E-state index contributed by atoms with van der Waals surface area (Å²) in [5.41, 5.74) is 2.01. The molecule has 0 spiro atoms. The molecular formula is C18H26N6O3. The second-order valence-electron chi connectivity index (χ2n) is 7.11. The highest BCUT2D eigenvalue weighted by atomic mass is 16.5. The molecule has 146 valence electrons. The number of aromatic nitrogens is 3. The lowest BCUT2D eigenvalue weighted by Gasteiger charge is -2.19. The van der Waals surface area contributed by atoms with Crippen LogP contribution in [0, 0.1) is 0 Å². The van der Waals surface area contributed by atoms with E-state index in [4.69, 9.17) is 14.0 Å². The minimum Gasteiger partial charge on any atom is -0.378 e. The first-order valence-electron chi connectivity index (χ1n) is 9.21. The Balaban J connectivity index is 1.43. The second-order valence-corrected chi connectivity index (χ2v) is 7.11. The average Bonchev–Trinajstić information content (AvgIpc) is 3.30. The molecule has 4 rings (SSSR count). The Kier molecular flexibility index (Phi) is 5.24. The van der Waals surface area contributed by atoms with Crippen LogP contribution in [0.5, 0.6) is 0 Å². The normalized spacial score (nSPS) is 22.1. The van der Waals surface area contributed by atoms with Crippen LogP contribution < -0.4 is 15.1 Å². The molecule has 1 saturated heterocycles. The molecule has 0 aromatic carbocycles. The van der Waals surface area contributed by atoms with Crippen LogP contribution in [0.2, 0.25) is 0 Å². The second kappa shape index (κ2) is 7.79. The van der Waals surface area contributed by atoms with Gasteiger partial charge in [-0.2, -0.15) is 4.98 Å². The van der Waals surface area contributed by atoms with E-state index in [0.717, 1.165) is 42.3 Å². The third-order valence-corrected chi connectivity index (χ3v) is 5.12. The molecule has 0 aliphatic carbocycles. The molecule has 2 aliphatic heterocycles. The van der Waals surface area contributed by atoms with Gasteiger partial charge in [0.15, 0.2) is 0 Å². The zero-order chi connectivity index (χ0) is 18.8. The van der Waals surface area contributed by atoms with Gasteiger partial charge in [0.2, 0.25) is 5.95 Å². The predicted octanol–water partition coefficient (Wildman–Crippen LogP) is 0.597. The van der Waals surface area contributed by atoms with Gasteiger partial charge in [0.05, 0.1) is 25.4 Å². The van der Waals surface area contributed by atoms with Crippen molar-refractivity contribution >= 4 is 11.8 Å². The first-order valence-corrected chi connectivity index (χ1v) is 9.21. The van der Waals surface area contributed by atoms with Crippen LogP contribution in [0.4, 0.5) is 11.8 Å². The third-order valence-electron chi connectivity index (χ3n) is 5.12. The predicted molar refractivity (Wildman–Crippen MR) is 99.9 cm³/mol. The van der Waals surface area contributed by atoms with Crippen LogP contribution in [0.1, 0.15) is 17.0 Å². The number of rotatable bonds is 6. The van der Waals surface area contributed by atoms with Crippen molar-refractivity contribution in [1.29, 1.82) is 0 Å². The van der Waals surface area contributed by atoms with Gasteiger partial charge in [-0.15, -0.1) is 0 Å². The highest BCUT2D eigenvalue weighted by Crippen LogP contribution is 2.23. The quantitative estimate of drug-likeness (QED) is 0.780. The Hall–Kier alpha value is -2.23. The molecule has 27 heavy (non-hydrogen) atoms. The average molecular weight is 374 g/mol. The van der Waals surface area contributed by atoms with Crippen LogP contribution in [0.3, 0.4) is 0 Å². The van der Waals surface area contributed by atoms with Crippen molar-refractivity contribution < 1.29 is 14.0 Å². The molecule has 9 heteroatoms. The fraction of sp³-hybridized carbons (Fsp3) is 0.611. The van der Waals surface area contributed by atoms with Gasteiger partial charge in [0, 0.05) is 59.0 Å². The number of fused-ring (bicyclic) bond motifs is 1. The van der Waals surface area contributed by atoms with E-state index in [1.54, 1.807) is 13.3 Å². The highest BCUT2D eigenvalue weighted by Gasteiger charge is 2.34. The van der Waals surface area contributed by atoms with Crippen molar-refractivity contribution in [2.45, 2.75) is 31.7 Å². The molecule has 4 heterocycles. The summed E-state index contributed by atoms with van der Waals surface area (Å²) in [7, 11) is 5.63. The van der Waals surface area contributed by atoms with Gasteiger partial charge in [-0.1, -0.05) is 5.16 Å². The summed E-state index contributed by atoms with van der Waals surface area (Å²) in [6.07, 6.45) is 2.66. The van der Waals surface area contributed by atoms with E-state index in [1.807, 2.05) is 25.1 Å². The Morgan fingerprint density at radius 1 is 1.37 bits per heavy atom. The summed E-state index contributed by atoms with van der Waals surface area (Å²) in [5.74, 6) is 2.56. The number of nitrogens with one attached hydrogen (secondary N) is 1. The molecule has 0 amide bonds. The smallest absolute Gasteiger partial charge is 0.226 e. The lowest BCUT2D eigenvalue weighted by atomic mass is 10.1. The third kappa shape index (κ3) is 3.76. The van der Waals surface area contributed by atoms with Crippen LogP contribution >= 0.6 is 0 Å². The van der Waals surface area contributed by atoms with Gasteiger partial charge in [-0.25, -0.2) is 4.98 Å². The van der Waals surface area contributed by atoms with Crippen LogP contribution in [-0.2, 0) is 29.0 Å². The monoisotopic (exact) mass is 374 g/mol. The standard InChI is InChI=1S/C18H26N6O3/c1-23(2)18-19-6-4-17(21-18)24-9-14(16(10-24)25-3)20-8-13-12-11-26-7-5-15(12)27-22-13/h4,6,14,16,20H,5,7-11H2,1-3H3/t14-,16+/m0/s1. The maximum absolute atomic E-state index is 5.71. The van der Waals surface area contributed by atoms with Crippen LogP contribution in [0.15, 0.2) is 16.8 Å². The minimum atomic E-state index is 0.0711. The van der Waals surface area contributed by atoms with E-state index in [2.05, 4.69) is 25.3 Å². The molecule has 9 nitrogen and oxygen atoms in total. The molecule has 1 fully saturated rings. The Morgan fingerprint density at radius 3 is 3.07 bits per heavy atom. The van der Waals surface area contributed by atoms with Crippen molar-refractivity contribution in [3.8, 4) is 0 Å². The van der Waals surface area contributed by atoms with Crippen molar-refractivity contribution in [2.24, 2.45) is 0 Å². The van der Waals surface area contributed by atoms with Gasteiger partial charge in [-0.05, 0) is 6.07 Å². The Morgan fingerprint density at radius 2 is 2.26 bits per heavy atom. The summed E-state index contributed by atoms with van der Waals surface area (Å²) in [4.78, 5) is 13.1. The summed E-state index contributed by atoms with van der Waals surface area (Å²) in [6, 6.07) is 2.11. The van der Waals surface area contributed by atoms with E-state index >= 15 is 0 Å². The topological polar surface area (TPSA) is 88.8 Å². The molecule has 0 bridgehead atoms. The van der Waals surface area contributed by atoms with E-state index in [-0.39, 0.29) is 12.1 Å². The number of hydrogen-bond donors (Lipinski definition) is 1. The first kappa shape index (κ1) is 18.1.